The van der Waals surface area contributed by atoms with Crippen molar-refractivity contribution >= 4 is 11.8 Å². The minimum atomic E-state index is 0.157. The number of nitrogens with one attached hydrogen (secondary N) is 1. The van der Waals surface area contributed by atoms with Gasteiger partial charge in [0.15, 0.2) is 0 Å². The summed E-state index contributed by atoms with van der Waals surface area (Å²) in [7, 11) is 0. The third-order valence-electron chi connectivity index (χ3n) is 4.85. The van der Waals surface area contributed by atoms with Gasteiger partial charge in [-0.25, -0.2) is 0 Å². The molecule has 1 N–H and O–H groups in total. The maximum atomic E-state index is 3.75. The summed E-state index contributed by atoms with van der Waals surface area (Å²) in [6, 6.07) is 31.8. The minimum Gasteiger partial charge on any atom is -0.377 e. The van der Waals surface area contributed by atoms with Gasteiger partial charge < -0.3 is 5.32 Å². The molecule has 3 aromatic carbocycles. The van der Waals surface area contributed by atoms with Crippen molar-refractivity contribution in [3.8, 4) is 0 Å². The Hall–Kier alpha value is -3.32. The van der Waals surface area contributed by atoms with E-state index in [1.165, 1.54) is 16.7 Å². The van der Waals surface area contributed by atoms with Crippen molar-refractivity contribution in [2.45, 2.75) is 6.04 Å². The molecule has 0 saturated heterocycles. The summed E-state index contributed by atoms with van der Waals surface area (Å²) in [5, 5.41) is 3.75. The van der Waals surface area contributed by atoms with Crippen molar-refractivity contribution in [1.29, 1.82) is 0 Å². The van der Waals surface area contributed by atoms with Gasteiger partial charge in [-0.05, 0) is 28.8 Å². The van der Waals surface area contributed by atoms with E-state index in [1.807, 2.05) is 6.07 Å². The molecule has 2 unspecified atom stereocenters. The Labute approximate surface area is 161 Å². The first-order valence-corrected chi connectivity index (χ1v) is 9.38. The molecular formula is C26H23N. The lowest BCUT2D eigenvalue weighted by Gasteiger charge is -2.30. The molecule has 0 radical (unpaired) electrons. The maximum absolute atomic E-state index is 3.75. The minimum absolute atomic E-state index is 0.157. The van der Waals surface area contributed by atoms with E-state index < -0.39 is 0 Å². The van der Waals surface area contributed by atoms with Crippen LogP contribution in [-0.4, -0.2) is 0 Å². The predicted octanol–water partition coefficient (Wildman–Crippen LogP) is 6.67. The molecule has 1 aliphatic rings. The number of allylic oxidation sites excluding steroid dienone is 3. The van der Waals surface area contributed by atoms with Gasteiger partial charge in [0, 0.05) is 11.6 Å². The Balaban J connectivity index is 1.72. The second-order valence-corrected chi connectivity index (χ2v) is 6.72. The quantitative estimate of drug-likeness (QED) is 0.542. The number of para-hydroxylation sites is 1. The number of rotatable bonds is 5. The summed E-state index contributed by atoms with van der Waals surface area (Å²) in [6.07, 6.45) is 11.1. The van der Waals surface area contributed by atoms with E-state index in [4.69, 9.17) is 0 Å². The van der Waals surface area contributed by atoms with Crippen LogP contribution in [0.3, 0.4) is 0 Å². The number of hydrogen-bond acceptors (Lipinski definition) is 1. The topological polar surface area (TPSA) is 12.0 Å². The first-order chi connectivity index (χ1) is 13.4. The lowest BCUT2D eigenvalue weighted by molar-refractivity contribution is 0.640. The Morgan fingerprint density at radius 1 is 0.704 bits per heavy atom. The molecule has 0 aromatic heterocycles. The predicted molar refractivity (Wildman–Crippen MR) is 115 cm³/mol. The fourth-order valence-electron chi connectivity index (χ4n) is 3.52. The molecule has 0 aliphatic heterocycles. The van der Waals surface area contributed by atoms with Gasteiger partial charge in [0.1, 0.15) is 0 Å². The van der Waals surface area contributed by atoms with E-state index in [0.29, 0.717) is 0 Å². The Morgan fingerprint density at radius 2 is 1.33 bits per heavy atom. The zero-order chi connectivity index (χ0) is 18.3. The summed E-state index contributed by atoms with van der Waals surface area (Å²) in [6.45, 7) is 0. The Bertz CT molecular complexity index is 937. The molecule has 0 amide bonds. The molecule has 0 spiro atoms. The highest BCUT2D eigenvalue weighted by Crippen LogP contribution is 2.35. The highest BCUT2D eigenvalue weighted by molar-refractivity contribution is 5.60. The maximum Gasteiger partial charge on any atom is 0.0617 e. The number of benzene rings is 3. The average molecular weight is 349 g/mol. The van der Waals surface area contributed by atoms with Gasteiger partial charge in [-0.15, -0.1) is 0 Å². The van der Waals surface area contributed by atoms with Gasteiger partial charge in [-0.3, -0.25) is 0 Å². The van der Waals surface area contributed by atoms with Crippen molar-refractivity contribution in [1.82, 2.24) is 0 Å². The molecule has 0 fully saturated rings. The van der Waals surface area contributed by atoms with Gasteiger partial charge in [0.2, 0.25) is 0 Å². The normalized spacial score (nSPS) is 18.4. The van der Waals surface area contributed by atoms with E-state index >= 15 is 0 Å². The van der Waals surface area contributed by atoms with E-state index in [0.717, 1.165) is 5.69 Å². The molecule has 132 valence electrons. The van der Waals surface area contributed by atoms with Crippen LogP contribution in [0.25, 0.3) is 6.08 Å². The second-order valence-electron chi connectivity index (χ2n) is 6.72. The Morgan fingerprint density at radius 3 is 2.04 bits per heavy atom. The van der Waals surface area contributed by atoms with Crippen LogP contribution >= 0.6 is 0 Å². The molecule has 1 aliphatic carbocycles. The molecule has 0 bridgehead atoms. The second kappa shape index (κ2) is 8.37. The van der Waals surface area contributed by atoms with Gasteiger partial charge in [-0.1, -0.05) is 109 Å². The lowest BCUT2D eigenvalue weighted by Crippen LogP contribution is -2.21. The van der Waals surface area contributed by atoms with E-state index in [9.17, 15) is 0 Å². The highest BCUT2D eigenvalue weighted by Gasteiger charge is 2.24. The standard InChI is InChI=1S/C26H23N/c1-4-12-21(13-5-1)20-23-16-10-11-19-25(23)26(22-14-6-2-7-15-22)27-24-17-8-3-9-18-24/h1-20,25-27H. The molecule has 1 heteroatoms. The highest BCUT2D eigenvalue weighted by atomic mass is 14.9. The van der Waals surface area contributed by atoms with Crippen molar-refractivity contribution < 1.29 is 0 Å². The molecule has 0 saturated carbocycles. The van der Waals surface area contributed by atoms with Crippen LogP contribution in [0.5, 0.6) is 0 Å². The summed E-state index contributed by atoms with van der Waals surface area (Å²) in [5.41, 5.74) is 4.95. The van der Waals surface area contributed by atoms with Crippen LogP contribution in [-0.2, 0) is 0 Å². The van der Waals surface area contributed by atoms with Gasteiger partial charge in [0.05, 0.1) is 6.04 Å². The van der Waals surface area contributed by atoms with Crippen LogP contribution in [0.4, 0.5) is 5.69 Å². The monoisotopic (exact) mass is 349 g/mol. The zero-order valence-corrected chi connectivity index (χ0v) is 15.2. The van der Waals surface area contributed by atoms with E-state index in [1.54, 1.807) is 0 Å². The molecule has 0 heterocycles. The smallest absolute Gasteiger partial charge is 0.0617 e. The molecule has 3 aromatic rings. The summed E-state index contributed by atoms with van der Waals surface area (Å²) in [4.78, 5) is 0. The molecule has 4 rings (SSSR count). The van der Waals surface area contributed by atoms with Crippen LogP contribution in [0.15, 0.2) is 121 Å². The molecule has 27 heavy (non-hydrogen) atoms. The van der Waals surface area contributed by atoms with Crippen LogP contribution in [0, 0.1) is 5.92 Å². The molecule has 1 nitrogen and oxygen atoms in total. The first kappa shape index (κ1) is 17.1. The van der Waals surface area contributed by atoms with Gasteiger partial charge >= 0.3 is 0 Å². The zero-order valence-electron chi connectivity index (χ0n) is 15.2. The van der Waals surface area contributed by atoms with E-state index in [-0.39, 0.29) is 12.0 Å². The summed E-state index contributed by atoms with van der Waals surface area (Å²) in [5.74, 6) is 0.248. The number of anilines is 1. The number of hydrogen-bond donors (Lipinski definition) is 1. The van der Waals surface area contributed by atoms with Gasteiger partial charge in [-0.2, -0.15) is 0 Å². The first-order valence-electron chi connectivity index (χ1n) is 9.38. The van der Waals surface area contributed by atoms with Crippen molar-refractivity contribution in [3.63, 3.8) is 0 Å². The Kier molecular flexibility index (Phi) is 5.31. The molecule has 2 atom stereocenters. The fraction of sp³-hybridized carbons (Fsp3) is 0.0769. The van der Waals surface area contributed by atoms with Crippen LogP contribution in [0.1, 0.15) is 17.2 Å². The summed E-state index contributed by atoms with van der Waals surface area (Å²) < 4.78 is 0. The largest absolute Gasteiger partial charge is 0.377 e. The summed E-state index contributed by atoms with van der Waals surface area (Å²) >= 11 is 0. The van der Waals surface area contributed by atoms with E-state index in [2.05, 4.69) is 121 Å². The third-order valence-corrected chi connectivity index (χ3v) is 4.85. The average Bonchev–Trinajstić information content (AvgIpc) is 2.75. The lowest BCUT2D eigenvalue weighted by atomic mass is 9.83. The van der Waals surface area contributed by atoms with Crippen LogP contribution < -0.4 is 5.32 Å². The van der Waals surface area contributed by atoms with Crippen LogP contribution in [0.2, 0.25) is 0 Å². The fourth-order valence-corrected chi connectivity index (χ4v) is 3.52. The van der Waals surface area contributed by atoms with Crippen molar-refractivity contribution in [3.05, 3.63) is 132 Å². The van der Waals surface area contributed by atoms with Gasteiger partial charge in [0.25, 0.3) is 0 Å². The third kappa shape index (κ3) is 4.27. The van der Waals surface area contributed by atoms with Crippen molar-refractivity contribution in [2.24, 2.45) is 5.92 Å². The SMILES string of the molecule is C1=CC(=Cc2ccccc2)C(C(Nc2ccccc2)c2ccccc2)C=C1. The molecular weight excluding hydrogens is 326 g/mol. The van der Waals surface area contributed by atoms with Crippen molar-refractivity contribution in [2.75, 3.05) is 5.32 Å².